The number of para-hydroxylation sites is 1. The van der Waals surface area contributed by atoms with Gasteiger partial charge in [-0.05, 0) is 25.1 Å². The second-order valence-electron chi connectivity index (χ2n) is 5.85. The second kappa shape index (κ2) is 8.68. The summed E-state index contributed by atoms with van der Waals surface area (Å²) in [6, 6.07) is 12.9. The Balaban J connectivity index is 2.03. The van der Waals surface area contributed by atoms with E-state index in [-0.39, 0.29) is 17.0 Å². The van der Waals surface area contributed by atoms with Crippen LogP contribution in [0, 0.1) is 0 Å². The standard InChI is InChI=1S/C19H21NO6S/c1-13(18(21)20-12-14-8-4-6-10-16(14)25-2)26-19(22)15-9-5-7-11-17(15)27(3,23)24/h4-11,13H,12H2,1-3H3,(H,20,21). The summed E-state index contributed by atoms with van der Waals surface area (Å²) in [5, 5.41) is 2.66. The van der Waals surface area contributed by atoms with E-state index in [1.165, 1.54) is 38.3 Å². The van der Waals surface area contributed by atoms with Gasteiger partial charge in [0, 0.05) is 18.4 Å². The molecule has 1 atom stereocenters. The molecule has 0 aromatic heterocycles. The lowest BCUT2D eigenvalue weighted by molar-refractivity contribution is -0.129. The summed E-state index contributed by atoms with van der Waals surface area (Å²) in [6.07, 6.45) is -0.0949. The highest BCUT2D eigenvalue weighted by atomic mass is 32.2. The smallest absolute Gasteiger partial charge is 0.340 e. The van der Waals surface area contributed by atoms with Crippen LogP contribution in [-0.4, -0.2) is 39.8 Å². The highest BCUT2D eigenvalue weighted by molar-refractivity contribution is 7.90. The molecule has 0 spiro atoms. The van der Waals surface area contributed by atoms with Crippen LogP contribution in [0.4, 0.5) is 0 Å². The van der Waals surface area contributed by atoms with E-state index in [4.69, 9.17) is 9.47 Å². The van der Waals surface area contributed by atoms with Crippen molar-refractivity contribution in [3.05, 3.63) is 59.7 Å². The van der Waals surface area contributed by atoms with Crippen LogP contribution in [0.2, 0.25) is 0 Å². The molecule has 2 aromatic rings. The van der Waals surface area contributed by atoms with Crippen LogP contribution in [-0.2, 0) is 25.9 Å². The average Bonchev–Trinajstić information content (AvgIpc) is 2.65. The van der Waals surface area contributed by atoms with Crippen LogP contribution in [0.5, 0.6) is 5.75 Å². The van der Waals surface area contributed by atoms with Gasteiger partial charge in [0.1, 0.15) is 5.75 Å². The van der Waals surface area contributed by atoms with E-state index in [0.29, 0.717) is 5.75 Å². The molecule has 0 radical (unpaired) electrons. The minimum Gasteiger partial charge on any atom is -0.496 e. The molecule has 0 aliphatic carbocycles. The summed E-state index contributed by atoms with van der Waals surface area (Å²) in [5.74, 6) is -0.758. The van der Waals surface area contributed by atoms with Gasteiger partial charge in [-0.1, -0.05) is 30.3 Å². The molecule has 0 fully saturated rings. The van der Waals surface area contributed by atoms with E-state index in [1.807, 2.05) is 12.1 Å². The van der Waals surface area contributed by atoms with Gasteiger partial charge in [-0.2, -0.15) is 0 Å². The molecule has 27 heavy (non-hydrogen) atoms. The van der Waals surface area contributed by atoms with E-state index < -0.39 is 27.8 Å². The Kier molecular flexibility index (Phi) is 6.57. The predicted molar refractivity (Wildman–Crippen MR) is 99.3 cm³/mol. The van der Waals surface area contributed by atoms with Crippen LogP contribution in [0.1, 0.15) is 22.8 Å². The summed E-state index contributed by atoms with van der Waals surface area (Å²) in [6.45, 7) is 1.61. The number of esters is 1. The number of sulfone groups is 1. The number of hydrogen-bond acceptors (Lipinski definition) is 6. The summed E-state index contributed by atoms with van der Waals surface area (Å²) >= 11 is 0. The number of ether oxygens (including phenoxy) is 2. The Morgan fingerprint density at radius 3 is 2.37 bits per heavy atom. The number of hydrogen-bond donors (Lipinski definition) is 1. The Bertz CT molecular complexity index is 939. The van der Waals surface area contributed by atoms with E-state index in [0.717, 1.165) is 11.8 Å². The summed E-state index contributed by atoms with van der Waals surface area (Å²) < 4.78 is 33.9. The van der Waals surface area contributed by atoms with Gasteiger partial charge in [0.05, 0.1) is 17.6 Å². The average molecular weight is 391 g/mol. The monoisotopic (exact) mass is 391 g/mol. The Labute approximate surface area is 158 Å². The minimum atomic E-state index is -3.60. The number of carbonyl (C=O) groups excluding carboxylic acids is 2. The van der Waals surface area contributed by atoms with Crippen LogP contribution in [0.25, 0.3) is 0 Å². The summed E-state index contributed by atoms with van der Waals surface area (Å²) in [5.41, 5.74) is 0.665. The van der Waals surface area contributed by atoms with Gasteiger partial charge in [0.25, 0.3) is 5.91 Å². The molecular formula is C19H21NO6S. The van der Waals surface area contributed by atoms with Crippen molar-refractivity contribution in [2.45, 2.75) is 24.5 Å². The molecule has 0 aliphatic rings. The first-order chi connectivity index (χ1) is 12.7. The fourth-order valence-corrected chi connectivity index (χ4v) is 3.29. The first kappa shape index (κ1) is 20.4. The number of carbonyl (C=O) groups is 2. The van der Waals surface area contributed by atoms with Crippen molar-refractivity contribution in [1.82, 2.24) is 5.32 Å². The van der Waals surface area contributed by atoms with Crippen molar-refractivity contribution < 1.29 is 27.5 Å². The zero-order valence-electron chi connectivity index (χ0n) is 15.3. The molecule has 7 nitrogen and oxygen atoms in total. The highest BCUT2D eigenvalue weighted by Gasteiger charge is 2.23. The molecule has 144 valence electrons. The van der Waals surface area contributed by atoms with Gasteiger partial charge in [-0.15, -0.1) is 0 Å². The first-order valence-corrected chi connectivity index (χ1v) is 10.0. The van der Waals surface area contributed by atoms with Gasteiger partial charge in [0.2, 0.25) is 0 Å². The number of amides is 1. The molecule has 1 unspecified atom stereocenters. The number of methoxy groups -OCH3 is 1. The number of rotatable bonds is 7. The van der Waals surface area contributed by atoms with E-state index in [1.54, 1.807) is 12.1 Å². The maximum atomic E-state index is 12.3. The number of benzene rings is 2. The van der Waals surface area contributed by atoms with Crippen molar-refractivity contribution in [2.24, 2.45) is 0 Å². The van der Waals surface area contributed by atoms with E-state index in [9.17, 15) is 18.0 Å². The fourth-order valence-electron chi connectivity index (χ4n) is 2.41. The zero-order chi connectivity index (χ0) is 20.0. The highest BCUT2D eigenvalue weighted by Crippen LogP contribution is 2.18. The van der Waals surface area contributed by atoms with E-state index >= 15 is 0 Å². The molecule has 0 aliphatic heterocycles. The largest absolute Gasteiger partial charge is 0.496 e. The SMILES string of the molecule is COc1ccccc1CNC(=O)C(C)OC(=O)c1ccccc1S(C)(=O)=O. The van der Waals surface area contributed by atoms with Gasteiger partial charge >= 0.3 is 5.97 Å². The van der Waals surface area contributed by atoms with Crippen molar-refractivity contribution in [3.63, 3.8) is 0 Å². The third-order valence-electron chi connectivity index (χ3n) is 3.81. The Morgan fingerprint density at radius 2 is 1.70 bits per heavy atom. The summed E-state index contributed by atoms with van der Waals surface area (Å²) in [4.78, 5) is 24.4. The van der Waals surface area contributed by atoms with Crippen molar-refractivity contribution >= 4 is 21.7 Å². The molecule has 0 heterocycles. The second-order valence-corrected chi connectivity index (χ2v) is 7.83. The molecule has 2 rings (SSSR count). The van der Waals surface area contributed by atoms with Crippen molar-refractivity contribution in [1.29, 1.82) is 0 Å². The van der Waals surface area contributed by atoms with Gasteiger partial charge in [-0.25, -0.2) is 13.2 Å². The number of nitrogens with one attached hydrogen (secondary N) is 1. The normalized spacial score (nSPS) is 12.1. The predicted octanol–water partition coefficient (Wildman–Crippen LogP) is 1.96. The molecule has 2 aromatic carbocycles. The minimum absolute atomic E-state index is 0.107. The molecular weight excluding hydrogens is 370 g/mol. The van der Waals surface area contributed by atoms with Crippen LogP contribution in [0.15, 0.2) is 53.4 Å². The van der Waals surface area contributed by atoms with Crippen molar-refractivity contribution in [3.8, 4) is 5.75 Å². The molecule has 0 saturated carbocycles. The molecule has 0 bridgehead atoms. The van der Waals surface area contributed by atoms with Crippen LogP contribution in [0.3, 0.4) is 0 Å². The molecule has 1 N–H and O–H groups in total. The van der Waals surface area contributed by atoms with Crippen LogP contribution < -0.4 is 10.1 Å². The zero-order valence-corrected chi connectivity index (χ0v) is 16.1. The molecule has 0 saturated heterocycles. The maximum absolute atomic E-state index is 12.3. The molecule has 1 amide bonds. The summed E-state index contributed by atoms with van der Waals surface area (Å²) in [7, 11) is -2.07. The quantitative estimate of drug-likeness (QED) is 0.725. The lowest BCUT2D eigenvalue weighted by Gasteiger charge is -2.15. The first-order valence-electron chi connectivity index (χ1n) is 8.13. The van der Waals surface area contributed by atoms with Gasteiger partial charge in [0.15, 0.2) is 15.9 Å². The van der Waals surface area contributed by atoms with E-state index in [2.05, 4.69) is 5.32 Å². The van der Waals surface area contributed by atoms with Crippen LogP contribution >= 0.6 is 0 Å². The molecule has 8 heteroatoms. The lowest BCUT2D eigenvalue weighted by Crippen LogP contribution is -2.35. The van der Waals surface area contributed by atoms with Gasteiger partial charge in [-0.3, -0.25) is 4.79 Å². The Hall–Kier alpha value is -2.87. The third-order valence-corrected chi connectivity index (χ3v) is 4.96. The third kappa shape index (κ3) is 5.30. The maximum Gasteiger partial charge on any atom is 0.340 e. The fraction of sp³-hybridized carbons (Fsp3) is 0.263. The van der Waals surface area contributed by atoms with Crippen molar-refractivity contribution in [2.75, 3.05) is 13.4 Å². The topological polar surface area (TPSA) is 98.8 Å². The van der Waals surface area contributed by atoms with Gasteiger partial charge < -0.3 is 14.8 Å². The lowest BCUT2D eigenvalue weighted by atomic mass is 10.2. The Morgan fingerprint density at radius 1 is 1.07 bits per heavy atom.